The Morgan fingerprint density at radius 2 is 2.08 bits per heavy atom. The molecular weight excluding hydrogens is 329 g/mol. The molecule has 2 atom stereocenters. The van der Waals surface area contributed by atoms with Crippen molar-refractivity contribution in [2.24, 2.45) is 5.92 Å². The summed E-state index contributed by atoms with van der Waals surface area (Å²) >= 11 is 0. The summed E-state index contributed by atoms with van der Waals surface area (Å²) in [5, 5.41) is 4.22. The van der Waals surface area contributed by atoms with Gasteiger partial charge in [0.05, 0.1) is 5.52 Å². The number of pyridine rings is 2. The van der Waals surface area contributed by atoms with E-state index >= 15 is 0 Å². The van der Waals surface area contributed by atoms with Crippen LogP contribution in [0.3, 0.4) is 0 Å². The monoisotopic (exact) mass is 349 g/mol. The number of halogens is 1. The molecule has 2 aromatic heterocycles. The lowest BCUT2D eigenvalue weighted by Gasteiger charge is -2.37. The molecule has 26 heavy (non-hydrogen) atoms. The van der Waals surface area contributed by atoms with Crippen LogP contribution in [0.4, 0.5) is 4.39 Å². The van der Waals surface area contributed by atoms with Crippen molar-refractivity contribution in [3.63, 3.8) is 0 Å². The number of piperidine rings is 1. The molecular formula is C21H20FN3O. The Bertz CT molecular complexity index is 1090. The Morgan fingerprint density at radius 1 is 1.19 bits per heavy atom. The molecule has 1 aromatic carbocycles. The van der Waals surface area contributed by atoms with Gasteiger partial charge in [0, 0.05) is 41.8 Å². The predicted octanol–water partition coefficient (Wildman–Crippen LogP) is 3.22. The molecule has 0 unspecified atom stereocenters. The summed E-state index contributed by atoms with van der Waals surface area (Å²) in [6.45, 7) is 4.59. The minimum atomic E-state index is -0.293. The Kier molecular flexibility index (Phi) is 3.47. The molecule has 0 spiro atoms. The molecule has 2 aliphatic rings. The van der Waals surface area contributed by atoms with Crippen LogP contribution in [0.2, 0.25) is 0 Å². The first-order chi connectivity index (χ1) is 12.6. The third kappa shape index (κ3) is 2.46. The van der Waals surface area contributed by atoms with Crippen molar-refractivity contribution in [3.05, 3.63) is 64.0 Å². The fourth-order valence-corrected chi connectivity index (χ4v) is 4.53. The van der Waals surface area contributed by atoms with Crippen LogP contribution in [-0.2, 0) is 6.54 Å². The zero-order chi connectivity index (χ0) is 17.8. The first kappa shape index (κ1) is 15.7. The third-order valence-electron chi connectivity index (χ3n) is 5.67. The molecule has 2 bridgehead atoms. The van der Waals surface area contributed by atoms with E-state index < -0.39 is 0 Å². The third-order valence-corrected chi connectivity index (χ3v) is 5.67. The number of benzene rings is 1. The number of fused-ring (bicyclic) bond motifs is 5. The SMILES string of the molecule is Cc1cc(-c2cc3n(c(=O)c2)C[C@@H]2CNC[C@H]3C2)c2cc(F)ccc2n1. The van der Waals surface area contributed by atoms with Gasteiger partial charge in [-0.2, -0.15) is 0 Å². The second-order valence-corrected chi connectivity index (χ2v) is 7.55. The van der Waals surface area contributed by atoms with E-state index in [4.69, 9.17) is 0 Å². The molecule has 0 radical (unpaired) electrons. The van der Waals surface area contributed by atoms with Gasteiger partial charge in [0.2, 0.25) is 0 Å². The molecule has 5 rings (SSSR count). The molecule has 1 N–H and O–H groups in total. The summed E-state index contributed by atoms with van der Waals surface area (Å²) in [7, 11) is 0. The average molecular weight is 349 g/mol. The van der Waals surface area contributed by atoms with Gasteiger partial charge < -0.3 is 9.88 Å². The highest BCUT2D eigenvalue weighted by Gasteiger charge is 2.31. The van der Waals surface area contributed by atoms with Crippen LogP contribution in [0.1, 0.15) is 23.7 Å². The van der Waals surface area contributed by atoms with Crippen molar-refractivity contribution in [1.29, 1.82) is 0 Å². The summed E-state index contributed by atoms with van der Waals surface area (Å²) in [5.74, 6) is 0.599. The van der Waals surface area contributed by atoms with Crippen molar-refractivity contribution >= 4 is 10.9 Å². The highest BCUT2D eigenvalue weighted by atomic mass is 19.1. The van der Waals surface area contributed by atoms with E-state index in [-0.39, 0.29) is 11.4 Å². The molecule has 2 aliphatic heterocycles. The van der Waals surface area contributed by atoms with E-state index in [0.29, 0.717) is 11.8 Å². The summed E-state index contributed by atoms with van der Waals surface area (Å²) in [6, 6.07) is 10.4. The molecule has 1 fully saturated rings. The molecule has 3 aromatic rings. The number of aromatic nitrogens is 2. The number of nitrogens with one attached hydrogen (secondary N) is 1. The molecule has 1 saturated heterocycles. The van der Waals surface area contributed by atoms with Gasteiger partial charge in [-0.3, -0.25) is 9.78 Å². The van der Waals surface area contributed by atoms with Crippen molar-refractivity contribution in [1.82, 2.24) is 14.9 Å². The van der Waals surface area contributed by atoms with E-state index in [2.05, 4.69) is 16.4 Å². The lowest BCUT2D eigenvalue weighted by molar-refractivity contribution is 0.257. The Hall–Kier alpha value is -2.53. The number of hydrogen-bond acceptors (Lipinski definition) is 3. The minimum Gasteiger partial charge on any atom is -0.316 e. The largest absolute Gasteiger partial charge is 0.316 e. The first-order valence-corrected chi connectivity index (χ1v) is 9.11. The van der Waals surface area contributed by atoms with Crippen LogP contribution in [0.5, 0.6) is 0 Å². The topological polar surface area (TPSA) is 46.9 Å². The highest BCUT2D eigenvalue weighted by molar-refractivity contribution is 5.94. The van der Waals surface area contributed by atoms with Gasteiger partial charge in [-0.15, -0.1) is 0 Å². The standard InChI is InChI=1S/C21H20FN3O/c1-12-4-17(18-8-16(22)2-3-19(18)24-12)14-6-20-15-5-13(9-23-10-15)11-25(20)21(26)7-14/h2-4,6-8,13,15,23H,5,9-11H2,1H3/t13-,15+/m0/s1. The van der Waals surface area contributed by atoms with Crippen LogP contribution < -0.4 is 10.9 Å². The van der Waals surface area contributed by atoms with Crippen LogP contribution in [-0.4, -0.2) is 22.6 Å². The number of nitrogens with zero attached hydrogens (tertiary/aromatic N) is 2. The Morgan fingerprint density at radius 3 is 2.96 bits per heavy atom. The van der Waals surface area contributed by atoms with E-state index in [1.54, 1.807) is 12.1 Å². The lowest BCUT2D eigenvalue weighted by atomic mass is 9.83. The van der Waals surface area contributed by atoms with Gasteiger partial charge in [0.1, 0.15) is 5.82 Å². The van der Waals surface area contributed by atoms with Gasteiger partial charge >= 0.3 is 0 Å². The molecule has 0 amide bonds. The fourth-order valence-electron chi connectivity index (χ4n) is 4.53. The Balaban J connectivity index is 1.75. The van der Waals surface area contributed by atoms with Crippen molar-refractivity contribution in [3.8, 4) is 11.1 Å². The summed E-state index contributed by atoms with van der Waals surface area (Å²) in [4.78, 5) is 17.3. The lowest BCUT2D eigenvalue weighted by Crippen LogP contribution is -2.44. The van der Waals surface area contributed by atoms with Gasteiger partial charge in [-0.25, -0.2) is 4.39 Å². The Labute approximate surface area is 150 Å². The maximum Gasteiger partial charge on any atom is 0.251 e. The number of rotatable bonds is 1. The molecule has 4 heterocycles. The average Bonchev–Trinajstić information content (AvgIpc) is 2.62. The minimum absolute atomic E-state index is 0.0353. The molecule has 0 saturated carbocycles. The van der Waals surface area contributed by atoms with Crippen molar-refractivity contribution < 1.29 is 4.39 Å². The molecule has 4 nitrogen and oxygen atoms in total. The molecule has 132 valence electrons. The smallest absolute Gasteiger partial charge is 0.251 e. The first-order valence-electron chi connectivity index (χ1n) is 9.11. The van der Waals surface area contributed by atoms with Crippen LogP contribution in [0.15, 0.2) is 41.2 Å². The summed E-state index contributed by atoms with van der Waals surface area (Å²) < 4.78 is 15.8. The zero-order valence-corrected chi connectivity index (χ0v) is 14.6. The van der Waals surface area contributed by atoms with E-state index in [1.807, 2.05) is 17.6 Å². The second-order valence-electron chi connectivity index (χ2n) is 7.55. The van der Waals surface area contributed by atoms with Crippen LogP contribution in [0.25, 0.3) is 22.0 Å². The van der Waals surface area contributed by atoms with Crippen LogP contribution >= 0.6 is 0 Å². The zero-order valence-electron chi connectivity index (χ0n) is 14.6. The number of aryl methyl sites for hydroxylation is 1. The van der Waals surface area contributed by atoms with Crippen LogP contribution in [0, 0.1) is 18.7 Å². The van der Waals surface area contributed by atoms with Gasteiger partial charge in [-0.05, 0) is 67.3 Å². The van der Waals surface area contributed by atoms with E-state index in [9.17, 15) is 9.18 Å². The quantitative estimate of drug-likeness (QED) is 0.734. The normalized spacial score (nSPS) is 21.6. The summed E-state index contributed by atoms with van der Waals surface area (Å²) in [5.41, 5.74) is 4.46. The number of hydrogen-bond donors (Lipinski definition) is 1. The van der Waals surface area contributed by atoms with E-state index in [1.165, 1.54) is 12.1 Å². The van der Waals surface area contributed by atoms with Crippen molar-refractivity contribution in [2.45, 2.75) is 25.8 Å². The van der Waals surface area contributed by atoms with Gasteiger partial charge in [-0.1, -0.05) is 0 Å². The van der Waals surface area contributed by atoms with Crippen molar-refractivity contribution in [2.75, 3.05) is 13.1 Å². The predicted molar refractivity (Wildman–Crippen MR) is 99.9 cm³/mol. The summed E-state index contributed by atoms with van der Waals surface area (Å²) in [6.07, 6.45) is 1.13. The van der Waals surface area contributed by atoms with E-state index in [0.717, 1.165) is 59.5 Å². The highest BCUT2D eigenvalue weighted by Crippen LogP contribution is 2.35. The molecule has 5 heteroatoms. The maximum absolute atomic E-state index is 13.9. The molecule has 0 aliphatic carbocycles. The maximum atomic E-state index is 13.9. The fraction of sp³-hybridized carbons (Fsp3) is 0.333. The van der Waals surface area contributed by atoms with Gasteiger partial charge in [0.15, 0.2) is 0 Å². The second kappa shape index (κ2) is 5.74. The van der Waals surface area contributed by atoms with Gasteiger partial charge in [0.25, 0.3) is 5.56 Å².